The van der Waals surface area contributed by atoms with Crippen molar-refractivity contribution in [3.05, 3.63) is 66.2 Å². The lowest BCUT2D eigenvalue weighted by Gasteiger charge is -2.17. The standard InChI is InChI=1S/C18H18N4/c1-2-6-14(7-3-1)16-8-4-10-17-20-21-18(22(17)13-16)15-9-5-11-19-12-15/h1-3,5-7,9,11-12,16H,4,8,10,13H2. The first-order valence-electron chi connectivity index (χ1n) is 7.79. The Bertz CT molecular complexity index is 749. The van der Waals surface area contributed by atoms with E-state index in [-0.39, 0.29) is 0 Å². The lowest BCUT2D eigenvalue weighted by atomic mass is 9.94. The molecule has 4 rings (SSSR count). The molecule has 0 saturated carbocycles. The topological polar surface area (TPSA) is 43.6 Å². The lowest BCUT2D eigenvalue weighted by molar-refractivity contribution is 0.545. The number of hydrogen-bond acceptors (Lipinski definition) is 3. The SMILES string of the molecule is c1ccc(C2CCCc3nnc(-c4cccnc4)n3C2)cc1. The Morgan fingerprint density at radius 1 is 1.00 bits per heavy atom. The Hall–Kier alpha value is -2.49. The molecule has 0 spiro atoms. The van der Waals surface area contributed by atoms with Crippen molar-refractivity contribution in [2.75, 3.05) is 0 Å². The van der Waals surface area contributed by atoms with Gasteiger partial charge in [0.1, 0.15) is 5.82 Å². The van der Waals surface area contributed by atoms with Crippen LogP contribution in [0.15, 0.2) is 54.9 Å². The van der Waals surface area contributed by atoms with E-state index in [1.165, 1.54) is 12.0 Å². The highest BCUT2D eigenvalue weighted by atomic mass is 15.3. The van der Waals surface area contributed by atoms with Crippen molar-refractivity contribution in [2.45, 2.75) is 31.7 Å². The highest BCUT2D eigenvalue weighted by molar-refractivity contribution is 5.53. The van der Waals surface area contributed by atoms with Crippen LogP contribution in [0.1, 0.15) is 30.1 Å². The summed E-state index contributed by atoms with van der Waals surface area (Å²) in [5.41, 5.74) is 2.44. The maximum atomic E-state index is 4.41. The predicted molar refractivity (Wildman–Crippen MR) is 85.4 cm³/mol. The van der Waals surface area contributed by atoms with Gasteiger partial charge in [0.25, 0.3) is 0 Å². The van der Waals surface area contributed by atoms with Gasteiger partial charge in [0.2, 0.25) is 0 Å². The van der Waals surface area contributed by atoms with Crippen LogP contribution in [0.5, 0.6) is 0 Å². The van der Waals surface area contributed by atoms with Crippen LogP contribution in [0.4, 0.5) is 0 Å². The summed E-state index contributed by atoms with van der Waals surface area (Å²) in [7, 11) is 0. The van der Waals surface area contributed by atoms with Crippen LogP contribution in [0.3, 0.4) is 0 Å². The Morgan fingerprint density at radius 2 is 1.91 bits per heavy atom. The van der Waals surface area contributed by atoms with Crippen molar-refractivity contribution in [3.8, 4) is 11.4 Å². The average Bonchev–Trinajstić information content (AvgIpc) is 2.86. The fourth-order valence-corrected chi connectivity index (χ4v) is 3.24. The highest BCUT2D eigenvalue weighted by Gasteiger charge is 2.22. The monoisotopic (exact) mass is 290 g/mol. The normalized spacial score (nSPS) is 17.7. The van der Waals surface area contributed by atoms with Crippen molar-refractivity contribution >= 4 is 0 Å². The summed E-state index contributed by atoms with van der Waals surface area (Å²) in [6.07, 6.45) is 7.00. The fourth-order valence-electron chi connectivity index (χ4n) is 3.24. The molecular formula is C18H18N4. The van der Waals surface area contributed by atoms with Crippen LogP contribution in [0, 0.1) is 0 Å². The molecule has 0 bridgehead atoms. The van der Waals surface area contributed by atoms with Gasteiger partial charge in [-0.1, -0.05) is 30.3 Å². The van der Waals surface area contributed by atoms with Crippen LogP contribution in [0.25, 0.3) is 11.4 Å². The molecule has 0 fully saturated rings. The molecule has 2 aromatic heterocycles. The zero-order valence-electron chi connectivity index (χ0n) is 12.4. The largest absolute Gasteiger partial charge is 0.310 e. The molecule has 1 aromatic carbocycles. The number of pyridine rings is 1. The molecule has 0 amide bonds. The minimum absolute atomic E-state index is 0.522. The molecule has 22 heavy (non-hydrogen) atoms. The average molecular weight is 290 g/mol. The molecule has 1 aliphatic rings. The molecule has 3 aromatic rings. The molecular weight excluding hydrogens is 272 g/mol. The number of aromatic nitrogens is 4. The minimum Gasteiger partial charge on any atom is -0.310 e. The Balaban J connectivity index is 1.73. The van der Waals surface area contributed by atoms with E-state index in [4.69, 9.17) is 0 Å². The lowest BCUT2D eigenvalue weighted by Crippen LogP contribution is -2.10. The first kappa shape index (κ1) is 13.2. The molecule has 4 heteroatoms. The zero-order chi connectivity index (χ0) is 14.8. The molecule has 0 N–H and O–H groups in total. The second-order valence-corrected chi connectivity index (χ2v) is 5.79. The van der Waals surface area contributed by atoms with Crippen molar-refractivity contribution in [1.29, 1.82) is 0 Å². The van der Waals surface area contributed by atoms with Gasteiger partial charge < -0.3 is 4.57 Å². The van der Waals surface area contributed by atoms with Gasteiger partial charge in [-0.3, -0.25) is 4.98 Å². The third-order valence-corrected chi connectivity index (χ3v) is 4.37. The van der Waals surface area contributed by atoms with E-state index in [1.807, 2.05) is 18.3 Å². The van der Waals surface area contributed by atoms with Gasteiger partial charge in [-0.2, -0.15) is 0 Å². The molecule has 1 aliphatic heterocycles. The third kappa shape index (κ3) is 2.41. The molecule has 0 aliphatic carbocycles. The van der Waals surface area contributed by atoms with E-state index in [1.54, 1.807) is 6.20 Å². The quantitative estimate of drug-likeness (QED) is 0.726. The molecule has 1 unspecified atom stereocenters. The number of aryl methyl sites for hydroxylation is 1. The first-order chi connectivity index (χ1) is 10.9. The number of rotatable bonds is 2. The first-order valence-corrected chi connectivity index (χ1v) is 7.79. The Morgan fingerprint density at radius 3 is 2.73 bits per heavy atom. The second kappa shape index (κ2) is 5.72. The van der Waals surface area contributed by atoms with E-state index in [9.17, 15) is 0 Å². The van der Waals surface area contributed by atoms with E-state index in [0.717, 1.165) is 36.6 Å². The van der Waals surface area contributed by atoms with Crippen molar-refractivity contribution in [1.82, 2.24) is 19.7 Å². The molecule has 0 saturated heterocycles. The fraction of sp³-hybridized carbons (Fsp3) is 0.278. The van der Waals surface area contributed by atoms with E-state index in [2.05, 4.69) is 50.1 Å². The smallest absolute Gasteiger partial charge is 0.165 e. The van der Waals surface area contributed by atoms with E-state index in [0.29, 0.717) is 5.92 Å². The van der Waals surface area contributed by atoms with Gasteiger partial charge in [0.05, 0.1) is 0 Å². The van der Waals surface area contributed by atoms with Gasteiger partial charge in [0, 0.05) is 36.8 Å². The minimum atomic E-state index is 0.522. The van der Waals surface area contributed by atoms with Gasteiger partial charge in [-0.05, 0) is 30.5 Å². The van der Waals surface area contributed by atoms with Gasteiger partial charge >= 0.3 is 0 Å². The molecule has 1 atom stereocenters. The van der Waals surface area contributed by atoms with E-state index < -0.39 is 0 Å². The van der Waals surface area contributed by atoms with Crippen LogP contribution in [0.2, 0.25) is 0 Å². The Kier molecular flexibility index (Phi) is 3.43. The highest BCUT2D eigenvalue weighted by Crippen LogP contribution is 2.30. The predicted octanol–water partition coefficient (Wildman–Crippen LogP) is 3.46. The second-order valence-electron chi connectivity index (χ2n) is 5.79. The Labute approximate surface area is 129 Å². The van der Waals surface area contributed by atoms with Crippen LogP contribution in [-0.2, 0) is 13.0 Å². The van der Waals surface area contributed by atoms with Gasteiger partial charge in [0.15, 0.2) is 5.82 Å². The molecule has 110 valence electrons. The molecule has 4 nitrogen and oxygen atoms in total. The molecule has 3 heterocycles. The zero-order valence-corrected chi connectivity index (χ0v) is 12.4. The number of benzene rings is 1. The number of nitrogens with zero attached hydrogens (tertiary/aromatic N) is 4. The maximum absolute atomic E-state index is 4.41. The van der Waals surface area contributed by atoms with Crippen LogP contribution >= 0.6 is 0 Å². The number of fused-ring (bicyclic) bond motifs is 1. The summed E-state index contributed by atoms with van der Waals surface area (Å²) in [6, 6.07) is 14.8. The maximum Gasteiger partial charge on any atom is 0.165 e. The summed E-state index contributed by atoms with van der Waals surface area (Å²) in [5.74, 6) is 2.55. The number of hydrogen-bond donors (Lipinski definition) is 0. The summed E-state index contributed by atoms with van der Waals surface area (Å²) < 4.78 is 2.28. The van der Waals surface area contributed by atoms with Gasteiger partial charge in [-0.15, -0.1) is 10.2 Å². The van der Waals surface area contributed by atoms with Crippen molar-refractivity contribution in [3.63, 3.8) is 0 Å². The van der Waals surface area contributed by atoms with Gasteiger partial charge in [-0.25, -0.2) is 0 Å². The van der Waals surface area contributed by atoms with Crippen LogP contribution < -0.4 is 0 Å². The summed E-state index contributed by atoms with van der Waals surface area (Å²) >= 11 is 0. The van der Waals surface area contributed by atoms with Crippen LogP contribution in [-0.4, -0.2) is 19.7 Å². The third-order valence-electron chi connectivity index (χ3n) is 4.37. The van der Waals surface area contributed by atoms with Crippen molar-refractivity contribution in [2.24, 2.45) is 0 Å². The summed E-state index contributed by atoms with van der Waals surface area (Å²) in [4.78, 5) is 4.21. The molecule has 0 radical (unpaired) electrons. The van der Waals surface area contributed by atoms with E-state index >= 15 is 0 Å². The van der Waals surface area contributed by atoms with Crippen molar-refractivity contribution < 1.29 is 0 Å². The summed E-state index contributed by atoms with van der Waals surface area (Å²) in [5, 5.41) is 8.82. The summed E-state index contributed by atoms with van der Waals surface area (Å²) in [6.45, 7) is 0.941.